The van der Waals surface area contributed by atoms with Crippen LogP contribution in [0.5, 0.6) is 0 Å². The molecule has 1 unspecified atom stereocenters. The van der Waals surface area contributed by atoms with E-state index in [1.165, 1.54) is 0 Å². The van der Waals surface area contributed by atoms with Crippen molar-refractivity contribution in [1.29, 1.82) is 0 Å². The van der Waals surface area contributed by atoms with Gasteiger partial charge in [-0.1, -0.05) is 13.3 Å². The Hall–Kier alpha value is -0.320. The van der Waals surface area contributed by atoms with Crippen LogP contribution in [0.2, 0.25) is 0 Å². The van der Waals surface area contributed by atoms with E-state index >= 15 is 0 Å². The number of β-amino-alcohol motifs (C(OH)–C–C–N with tert-alkyl or cyclic N) is 1. The van der Waals surface area contributed by atoms with Crippen molar-refractivity contribution in [2.24, 2.45) is 5.92 Å². The van der Waals surface area contributed by atoms with E-state index in [0.717, 1.165) is 25.9 Å². The van der Waals surface area contributed by atoms with Crippen molar-refractivity contribution < 1.29 is 9.90 Å². The van der Waals surface area contributed by atoms with Gasteiger partial charge in [0.05, 0.1) is 12.1 Å². The highest BCUT2D eigenvalue weighted by molar-refractivity contribution is 5.85. The summed E-state index contributed by atoms with van der Waals surface area (Å²) in [4.78, 5) is 14.0. The Kier molecular flexibility index (Phi) is 5.02. The lowest BCUT2D eigenvalue weighted by Gasteiger charge is -2.20. The van der Waals surface area contributed by atoms with Gasteiger partial charge in [0.25, 0.3) is 0 Å². The molecule has 16 heavy (non-hydrogen) atoms. The van der Waals surface area contributed by atoms with Crippen LogP contribution in [0.4, 0.5) is 0 Å². The first-order valence-corrected chi connectivity index (χ1v) is 5.91. The largest absolute Gasteiger partial charge is 0.392 e. The summed E-state index contributed by atoms with van der Waals surface area (Å²) in [6.07, 6.45) is 2.53. The Labute approximate surface area is 103 Å². The predicted octanol–water partition coefficient (Wildman–Crippen LogP) is 0.389. The highest BCUT2D eigenvalue weighted by Gasteiger charge is 2.34. The number of aliphatic hydroxyl groups excluding tert-OH is 1. The molecule has 94 valence electrons. The zero-order chi connectivity index (χ0) is 10.8. The second kappa shape index (κ2) is 5.84. The molecule has 4 nitrogen and oxygen atoms in total. The van der Waals surface area contributed by atoms with Crippen molar-refractivity contribution in [1.82, 2.24) is 10.2 Å². The number of aliphatic hydroxyl groups is 1. The van der Waals surface area contributed by atoms with E-state index in [1.807, 2.05) is 4.90 Å². The Bertz CT molecular complexity index is 250. The monoisotopic (exact) mass is 248 g/mol. The van der Waals surface area contributed by atoms with Gasteiger partial charge in [-0.05, 0) is 18.8 Å². The number of halogens is 1. The molecule has 0 aliphatic carbocycles. The van der Waals surface area contributed by atoms with E-state index in [9.17, 15) is 9.90 Å². The van der Waals surface area contributed by atoms with Gasteiger partial charge in [0, 0.05) is 19.6 Å². The minimum atomic E-state index is -0.344. The normalized spacial score (nSPS) is 33.9. The van der Waals surface area contributed by atoms with Gasteiger partial charge in [0.15, 0.2) is 0 Å². The van der Waals surface area contributed by atoms with E-state index in [2.05, 4.69) is 12.2 Å². The first kappa shape index (κ1) is 13.7. The van der Waals surface area contributed by atoms with Gasteiger partial charge in [-0.2, -0.15) is 0 Å². The zero-order valence-corrected chi connectivity index (χ0v) is 10.5. The van der Waals surface area contributed by atoms with Crippen molar-refractivity contribution in [3.63, 3.8) is 0 Å². The second-order valence-electron chi connectivity index (χ2n) is 4.70. The third-order valence-corrected chi connectivity index (χ3v) is 3.58. The van der Waals surface area contributed by atoms with E-state index in [-0.39, 0.29) is 30.5 Å². The van der Waals surface area contributed by atoms with Crippen LogP contribution in [0, 0.1) is 5.92 Å². The number of nitrogens with one attached hydrogen (secondary N) is 1. The molecule has 1 amide bonds. The molecule has 5 heteroatoms. The molecule has 0 radical (unpaired) electrons. The van der Waals surface area contributed by atoms with Gasteiger partial charge in [-0.15, -0.1) is 12.4 Å². The maximum Gasteiger partial charge on any atom is 0.239 e. The zero-order valence-electron chi connectivity index (χ0n) is 9.69. The van der Waals surface area contributed by atoms with Crippen molar-refractivity contribution >= 4 is 18.3 Å². The number of hydrogen-bond donors (Lipinski definition) is 2. The molecule has 0 bridgehead atoms. The second-order valence-corrected chi connectivity index (χ2v) is 4.70. The Morgan fingerprint density at radius 3 is 2.81 bits per heavy atom. The first-order valence-electron chi connectivity index (χ1n) is 5.91. The molecule has 2 heterocycles. The number of rotatable bonds is 2. The standard InChI is InChI=1S/C11H20N2O2.ClH/c1-2-8-3-4-13(7-8)11(15)10-5-9(14)6-12-10;/h8-10,12,14H,2-7H2,1H3;1H/t8?,9-,10+;/m0./s1. The molecule has 3 atom stereocenters. The van der Waals surface area contributed by atoms with E-state index in [1.54, 1.807) is 0 Å². The van der Waals surface area contributed by atoms with Gasteiger partial charge in [0.2, 0.25) is 5.91 Å². The van der Waals surface area contributed by atoms with Crippen LogP contribution in [0.1, 0.15) is 26.2 Å². The van der Waals surface area contributed by atoms with Crippen molar-refractivity contribution in [2.45, 2.75) is 38.3 Å². The molecule has 2 rings (SSSR count). The van der Waals surface area contributed by atoms with E-state index in [0.29, 0.717) is 18.9 Å². The van der Waals surface area contributed by atoms with Crippen LogP contribution in [0.3, 0.4) is 0 Å². The summed E-state index contributed by atoms with van der Waals surface area (Å²) in [5.74, 6) is 0.864. The van der Waals surface area contributed by atoms with Crippen molar-refractivity contribution in [2.75, 3.05) is 19.6 Å². The topological polar surface area (TPSA) is 52.6 Å². The maximum absolute atomic E-state index is 12.0. The molecule has 0 aromatic rings. The van der Waals surface area contributed by atoms with Crippen LogP contribution in [-0.2, 0) is 4.79 Å². The number of nitrogens with zero attached hydrogens (tertiary/aromatic N) is 1. The number of likely N-dealkylation sites (tertiary alicyclic amines) is 1. The molecular formula is C11H21ClN2O2. The molecule has 0 spiro atoms. The highest BCUT2D eigenvalue weighted by Crippen LogP contribution is 2.21. The molecule has 0 aromatic carbocycles. The molecule has 2 aliphatic heterocycles. The molecule has 2 fully saturated rings. The minimum Gasteiger partial charge on any atom is -0.392 e. The van der Waals surface area contributed by atoms with Gasteiger partial charge in [-0.3, -0.25) is 4.79 Å². The molecule has 2 N–H and O–H groups in total. The number of carbonyl (C=O) groups excluding carboxylic acids is 1. The minimum absolute atomic E-state index is 0. The Balaban J connectivity index is 0.00000128. The van der Waals surface area contributed by atoms with Gasteiger partial charge in [-0.25, -0.2) is 0 Å². The van der Waals surface area contributed by atoms with Crippen LogP contribution in [0.25, 0.3) is 0 Å². The maximum atomic E-state index is 12.0. The fourth-order valence-corrected chi connectivity index (χ4v) is 2.49. The summed E-state index contributed by atoms with van der Waals surface area (Å²) in [6.45, 7) is 4.53. The van der Waals surface area contributed by atoms with E-state index in [4.69, 9.17) is 0 Å². The van der Waals surface area contributed by atoms with Crippen LogP contribution in [0.15, 0.2) is 0 Å². The van der Waals surface area contributed by atoms with Gasteiger partial charge in [0.1, 0.15) is 0 Å². The van der Waals surface area contributed by atoms with Crippen molar-refractivity contribution in [3.8, 4) is 0 Å². The summed E-state index contributed by atoms with van der Waals surface area (Å²) < 4.78 is 0. The van der Waals surface area contributed by atoms with E-state index < -0.39 is 0 Å². The Morgan fingerprint density at radius 2 is 2.31 bits per heavy atom. The molecule has 0 saturated carbocycles. The predicted molar refractivity (Wildman–Crippen MR) is 64.6 cm³/mol. The number of amides is 1. The lowest BCUT2D eigenvalue weighted by molar-refractivity contribution is -0.132. The average Bonchev–Trinajstić information content (AvgIpc) is 2.84. The summed E-state index contributed by atoms with van der Waals surface area (Å²) in [5.41, 5.74) is 0. The van der Waals surface area contributed by atoms with Gasteiger partial charge >= 0.3 is 0 Å². The lowest BCUT2D eigenvalue weighted by atomic mass is 10.1. The summed E-state index contributed by atoms with van der Waals surface area (Å²) in [5, 5.41) is 12.4. The smallest absolute Gasteiger partial charge is 0.239 e. The SMILES string of the molecule is CCC1CCN(C(=O)[C@H]2C[C@H](O)CN2)C1.Cl. The van der Waals surface area contributed by atoms with Crippen LogP contribution < -0.4 is 5.32 Å². The average molecular weight is 249 g/mol. The molecule has 0 aromatic heterocycles. The number of carbonyl (C=O) groups is 1. The molecule has 2 saturated heterocycles. The molecular weight excluding hydrogens is 228 g/mol. The third-order valence-electron chi connectivity index (χ3n) is 3.58. The van der Waals surface area contributed by atoms with Gasteiger partial charge < -0.3 is 15.3 Å². The summed E-state index contributed by atoms with van der Waals surface area (Å²) >= 11 is 0. The number of hydrogen-bond acceptors (Lipinski definition) is 3. The Morgan fingerprint density at radius 1 is 1.56 bits per heavy atom. The van der Waals surface area contributed by atoms with Crippen LogP contribution in [-0.4, -0.2) is 47.7 Å². The quantitative estimate of drug-likeness (QED) is 0.744. The highest BCUT2D eigenvalue weighted by atomic mass is 35.5. The molecule has 2 aliphatic rings. The fourth-order valence-electron chi connectivity index (χ4n) is 2.49. The third kappa shape index (κ3) is 2.87. The first-order chi connectivity index (χ1) is 7.20. The lowest BCUT2D eigenvalue weighted by Crippen LogP contribution is -2.42. The summed E-state index contributed by atoms with van der Waals surface area (Å²) in [7, 11) is 0. The van der Waals surface area contributed by atoms with Crippen molar-refractivity contribution in [3.05, 3.63) is 0 Å². The van der Waals surface area contributed by atoms with Crippen LogP contribution >= 0.6 is 12.4 Å². The summed E-state index contributed by atoms with van der Waals surface area (Å²) in [6, 6.07) is -0.143. The fraction of sp³-hybridized carbons (Fsp3) is 0.909.